The average molecular weight is 373 g/mol. The van der Waals surface area contributed by atoms with Gasteiger partial charge in [-0.1, -0.05) is 45.0 Å². The molecule has 0 atom stereocenters. The fourth-order valence-electron chi connectivity index (χ4n) is 2.84. The Hall–Kier alpha value is -2.38. The van der Waals surface area contributed by atoms with Crippen LogP contribution in [0, 0.1) is 0 Å². The van der Waals surface area contributed by atoms with Gasteiger partial charge >= 0.3 is 5.69 Å². The fourth-order valence-corrected chi connectivity index (χ4v) is 3.86. The standard InChI is InChI=1S/C19H23N3O3S/c1-19(2,3)14-8-10-15(11-9-14)26(24,25)20-12-13-22-17-7-5-4-6-16(17)21-18(22)23/h4-11,20H,12-13H2,1-3H3,(H,21,23). The minimum Gasteiger partial charge on any atom is -0.306 e. The molecule has 3 aromatic rings. The Balaban J connectivity index is 1.72. The zero-order valence-electron chi connectivity index (χ0n) is 15.1. The first-order chi connectivity index (χ1) is 12.2. The van der Waals surface area contributed by atoms with Gasteiger partial charge < -0.3 is 4.98 Å². The van der Waals surface area contributed by atoms with E-state index >= 15 is 0 Å². The highest BCUT2D eigenvalue weighted by Gasteiger charge is 2.17. The molecule has 0 bridgehead atoms. The molecular formula is C19H23N3O3S. The first-order valence-electron chi connectivity index (χ1n) is 8.46. The van der Waals surface area contributed by atoms with Crippen molar-refractivity contribution in [3.05, 3.63) is 64.6 Å². The maximum Gasteiger partial charge on any atom is 0.326 e. The molecule has 0 aliphatic rings. The number of H-pyrrole nitrogens is 1. The molecule has 0 fully saturated rings. The van der Waals surface area contributed by atoms with Crippen LogP contribution < -0.4 is 10.4 Å². The van der Waals surface area contributed by atoms with Crippen LogP contribution in [0.5, 0.6) is 0 Å². The van der Waals surface area contributed by atoms with Crippen molar-refractivity contribution in [3.8, 4) is 0 Å². The number of rotatable bonds is 5. The molecule has 1 heterocycles. The zero-order valence-corrected chi connectivity index (χ0v) is 15.9. The molecule has 0 amide bonds. The summed E-state index contributed by atoms with van der Waals surface area (Å²) in [6.45, 7) is 6.61. The van der Waals surface area contributed by atoms with Crippen molar-refractivity contribution >= 4 is 21.1 Å². The van der Waals surface area contributed by atoms with E-state index in [0.29, 0.717) is 0 Å². The van der Waals surface area contributed by atoms with Crippen LogP contribution in [0.3, 0.4) is 0 Å². The number of nitrogens with one attached hydrogen (secondary N) is 2. The Labute approximate surface area is 152 Å². The lowest BCUT2D eigenvalue weighted by molar-refractivity contribution is 0.571. The van der Waals surface area contributed by atoms with Crippen LogP contribution in [0.15, 0.2) is 58.2 Å². The van der Waals surface area contributed by atoms with Crippen LogP contribution >= 0.6 is 0 Å². The van der Waals surface area contributed by atoms with Gasteiger partial charge in [-0.3, -0.25) is 4.57 Å². The van der Waals surface area contributed by atoms with Crippen molar-refractivity contribution in [2.24, 2.45) is 0 Å². The van der Waals surface area contributed by atoms with Gasteiger partial charge in [0.25, 0.3) is 0 Å². The molecule has 6 nitrogen and oxygen atoms in total. The predicted molar refractivity (Wildman–Crippen MR) is 103 cm³/mol. The minimum atomic E-state index is -3.62. The number of fused-ring (bicyclic) bond motifs is 1. The largest absolute Gasteiger partial charge is 0.326 e. The Morgan fingerprint density at radius 1 is 1.04 bits per heavy atom. The Bertz CT molecular complexity index is 1070. The highest BCUT2D eigenvalue weighted by molar-refractivity contribution is 7.89. The van der Waals surface area contributed by atoms with Gasteiger partial charge in [0.1, 0.15) is 0 Å². The van der Waals surface area contributed by atoms with E-state index < -0.39 is 10.0 Å². The molecular weight excluding hydrogens is 350 g/mol. The molecule has 7 heteroatoms. The smallest absolute Gasteiger partial charge is 0.306 e. The summed E-state index contributed by atoms with van der Waals surface area (Å²) in [7, 11) is -3.62. The summed E-state index contributed by atoms with van der Waals surface area (Å²) >= 11 is 0. The summed E-state index contributed by atoms with van der Waals surface area (Å²) in [5.41, 5.74) is 2.28. The van der Waals surface area contributed by atoms with E-state index in [-0.39, 0.29) is 29.1 Å². The number of sulfonamides is 1. The minimum absolute atomic E-state index is 0.0355. The lowest BCUT2D eigenvalue weighted by atomic mass is 9.87. The first-order valence-corrected chi connectivity index (χ1v) is 9.94. The SMILES string of the molecule is CC(C)(C)c1ccc(S(=O)(=O)NCCn2c(=O)[nH]c3ccccc32)cc1. The third kappa shape index (κ3) is 3.73. The summed E-state index contributed by atoms with van der Waals surface area (Å²) in [4.78, 5) is 15.0. The third-order valence-corrected chi connectivity index (χ3v) is 5.82. The molecule has 138 valence electrons. The summed E-state index contributed by atoms with van der Waals surface area (Å²) < 4.78 is 29.0. The van der Waals surface area contributed by atoms with E-state index in [1.54, 1.807) is 12.1 Å². The molecule has 0 saturated carbocycles. The van der Waals surface area contributed by atoms with Crippen LogP contribution in [0.25, 0.3) is 11.0 Å². The molecule has 0 aliphatic carbocycles. The molecule has 26 heavy (non-hydrogen) atoms. The Kier molecular flexibility index (Phi) is 4.77. The van der Waals surface area contributed by atoms with Gasteiger partial charge in [-0.25, -0.2) is 17.9 Å². The molecule has 0 saturated heterocycles. The molecule has 0 aliphatic heterocycles. The van der Waals surface area contributed by atoms with Crippen molar-refractivity contribution in [3.63, 3.8) is 0 Å². The molecule has 2 N–H and O–H groups in total. The van der Waals surface area contributed by atoms with Crippen LogP contribution in [0.2, 0.25) is 0 Å². The van der Waals surface area contributed by atoms with Crippen molar-refractivity contribution in [2.75, 3.05) is 6.54 Å². The Morgan fingerprint density at radius 3 is 2.35 bits per heavy atom. The quantitative estimate of drug-likeness (QED) is 0.721. The van der Waals surface area contributed by atoms with Crippen LogP contribution in [0.1, 0.15) is 26.3 Å². The number of imidazole rings is 1. The fraction of sp³-hybridized carbons (Fsp3) is 0.316. The van der Waals surface area contributed by atoms with E-state index in [0.717, 1.165) is 16.6 Å². The predicted octanol–water partition coefficient (Wildman–Crippen LogP) is 2.61. The van der Waals surface area contributed by atoms with E-state index in [4.69, 9.17) is 0 Å². The van der Waals surface area contributed by atoms with Crippen LogP contribution in [-0.4, -0.2) is 24.5 Å². The van der Waals surface area contributed by atoms with Gasteiger partial charge in [0.15, 0.2) is 0 Å². The van der Waals surface area contributed by atoms with E-state index in [2.05, 4.69) is 30.5 Å². The summed E-state index contributed by atoms with van der Waals surface area (Å²) in [5, 5.41) is 0. The highest BCUT2D eigenvalue weighted by Crippen LogP contribution is 2.23. The topological polar surface area (TPSA) is 84.0 Å². The number of hydrogen-bond acceptors (Lipinski definition) is 3. The number of aromatic amines is 1. The number of benzene rings is 2. The number of hydrogen-bond donors (Lipinski definition) is 2. The normalized spacial score (nSPS) is 12.6. The lowest BCUT2D eigenvalue weighted by Crippen LogP contribution is -2.30. The lowest BCUT2D eigenvalue weighted by Gasteiger charge is -2.19. The third-order valence-electron chi connectivity index (χ3n) is 4.34. The van der Waals surface area contributed by atoms with Gasteiger partial charge in [-0.05, 0) is 35.2 Å². The molecule has 2 aromatic carbocycles. The van der Waals surface area contributed by atoms with Gasteiger partial charge in [-0.15, -0.1) is 0 Å². The molecule has 3 rings (SSSR count). The number of para-hydroxylation sites is 2. The van der Waals surface area contributed by atoms with Crippen LogP contribution in [0.4, 0.5) is 0 Å². The number of aromatic nitrogens is 2. The maximum absolute atomic E-state index is 12.5. The first kappa shape index (κ1) is 18.4. The van der Waals surface area contributed by atoms with Crippen molar-refractivity contribution in [1.29, 1.82) is 0 Å². The van der Waals surface area contributed by atoms with Gasteiger partial charge in [0.05, 0.1) is 15.9 Å². The van der Waals surface area contributed by atoms with E-state index in [1.807, 2.05) is 36.4 Å². The monoisotopic (exact) mass is 373 g/mol. The highest BCUT2D eigenvalue weighted by atomic mass is 32.2. The van der Waals surface area contributed by atoms with Crippen molar-refractivity contribution in [1.82, 2.24) is 14.3 Å². The van der Waals surface area contributed by atoms with Gasteiger partial charge in [-0.2, -0.15) is 0 Å². The Morgan fingerprint density at radius 2 is 1.69 bits per heavy atom. The molecule has 0 spiro atoms. The van der Waals surface area contributed by atoms with Crippen molar-refractivity contribution in [2.45, 2.75) is 37.6 Å². The summed E-state index contributed by atoms with van der Waals surface area (Å²) in [5.74, 6) is 0. The molecule has 0 radical (unpaired) electrons. The number of nitrogens with zero attached hydrogens (tertiary/aromatic N) is 1. The van der Waals surface area contributed by atoms with Gasteiger partial charge in [0.2, 0.25) is 10.0 Å². The average Bonchev–Trinajstić information content (AvgIpc) is 2.90. The second-order valence-electron chi connectivity index (χ2n) is 7.27. The molecule has 1 aromatic heterocycles. The summed E-state index contributed by atoms with van der Waals surface area (Å²) in [6, 6.07) is 14.2. The second kappa shape index (κ2) is 6.74. The van der Waals surface area contributed by atoms with E-state index in [1.165, 1.54) is 4.57 Å². The van der Waals surface area contributed by atoms with E-state index in [9.17, 15) is 13.2 Å². The second-order valence-corrected chi connectivity index (χ2v) is 9.04. The van der Waals surface area contributed by atoms with Crippen molar-refractivity contribution < 1.29 is 8.42 Å². The van der Waals surface area contributed by atoms with Crippen LogP contribution in [-0.2, 0) is 22.0 Å². The summed E-state index contributed by atoms with van der Waals surface area (Å²) in [6.07, 6.45) is 0. The zero-order chi connectivity index (χ0) is 18.9. The molecule has 0 unspecified atom stereocenters. The maximum atomic E-state index is 12.5. The van der Waals surface area contributed by atoms with Gasteiger partial charge in [0, 0.05) is 13.1 Å².